The van der Waals surface area contributed by atoms with Crippen LogP contribution in [0, 0.1) is 10.1 Å². The molecular weight excluding hydrogens is 293 g/mol. The van der Waals surface area contributed by atoms with Crippen molar-refractivity contribution in [2.75, 3.05) is 5.73 Å². The van der Waals surface area contributed by atoms with Crippen molar-refractivity contribution in [3.05, 3.63) is 34.1 Å². The number of nitrogens with two attached hydrogens (primary N) is 1. The molecule has 0 unspecified atom stereocenters. The van der Waals surface area contributed by atoms with Gasteiger partial charge in [-0.25, -0.2) is 0 Å². The highest BCUT2D eigenvalue weighted by atomic mass is 19.4. The van der Waals surface area contributed by atoms with E-state index in [1.165, 1.54) is 12.1 Å². The second kappa shape index (κ2) is 5.38. The quantitative estimate of drug-likeness (QED) is 0.528. The number of rotatable bonds is 4. The fraction of sp³-hybridized carbons (Fsp3) is 0.273. The SMILES string of the molecule is Nc1ccc(-c2nc(CCC(F)(F)F)no2)cc1[N+](=O)[O-]. The Morgan fingerprint density at radius 2 is 2.10 bits per heavy atom. The second-order valence-corrected chi connectivity index (χ2v) is 4.16. The fourth-order valence-corrected chi connectivity index (χ4v) is 1.56. The Labute approximate surface area is 115 Å². The maximum Gasteiger partial charge on any atom is 0.389 e. The highest BCUT2D eigenvalue weighted by Gasteiger charge is 2.27. The summed E-state index contributed by atoms with van der Waals surface area (Å²) >= 11 is 0. The van der Waals surface area contributed by atoms with Crippen molar-refractivity contribution in [3.8, 4) is 11.5 Å². The molecule has 0 atom stereocenters. The van der Waals surface area contributed by atoms with Crippen molar-refractivity contribution in [2.24, 2.45) is 0 Å². The molecule has 0 saturated carbocycles. The highest BCUT2D eigenvalue weighted by molar-refractivity contribution is 5.67. The zero-order valence-electron chi connectivity index (χ0n) is 10.4. The van der Waals surface area contributed by atoms with Crippen molar-refractivity contribution in [3.63, 3.8) is 0 Å². The molecular formula is C11H9F3N4O3. The van der Waals surface area contributed by atoms with Crippen LogP contribution in [0.15, 0.2) is 22.7 Å². The van der Waals surface area contributed by atoms with E-state index in [1.807, 2.05) is 0 Å². The van der Waals surface area contributed by atoms with Gasteiger partial charge in [-0.05, 0) is 12.1 Å². The normalized spacial score (nSPS) is 11.6. The van der Waals surface area contributed by atoms with Gasteiger partial charge in [0.2, 0.25) is 0 Å². The molecule has 112 valence electrons. The molecule has 0 bridgehead atoms. The van der Waals surface area contributed by atoms with E-state index in [4.69, 9.17) is 10.3 Å². The lowest BCUT2D eigenvalue weighted by Crippen LogP contribution is -2.09. The number of halogens is 3. The van der Waals surface area contributed by atoms with Crippen LogP contribution in [0.1, 0.15) is 12.2 Å². The summed E-state index contributed by atoms with van der Waals surface area (Å²) in [4.78, 5) is 13.8. The summed E-state index contributed by atoms with van der Waals surface area (Å²) in [5.41, 5.74) is 5.26. The molecule has 7 nitrogen and oxygen atoms in total. The zero-order chi connectivity index (χ0) is 15.6. The van der Waals surface area contributed by atoms with E-state index in [2.05, 4.69) is 10.1 Å². The molecule has 0 aliphatic carbocycles. The third-order valence-electron chi connectivity index (χ3n) is 2.57. The molecule has 0 radical (unpaired) electrons. The summed E-state index contributed by atoms with van der Waals surface area (Å²) in [7, 11) is 0. The first-order chi connectivity index (χ1) is 9.76. The van der Waals surface area contributed by atoms with Crippen LogP contribution in [0.2, 0.25) is 0 Å². The molecule has 0 amide bonds. The molecule has 2 N–H and O–H groups in total. The van der Waals surface area contributed by atoms with E-state index in [-0.39, 0.29) is 28.7 Å². The second-order valence-electron chi connectivity index (χ2n) is 4.16. The van der Waals surface area contributed by atoms with Crippen LogP contribution in [-0.2, 0) is 6.42 Å². The third-order valence-corrected chi connectivity index (χ3v) is 2.57. The number of nitro groups is 1. The monoisotopic (exact) mass is 302 g/mol. The molecule has 0 aliphatic heterocycles. The number of hydrogen-bond acceptors (Lipinski definition) is 6. The highest BCUT2D eigenvalue weighted by Crippen LogP contribution is 2.28. The summed E-state index contributed by atoms with van der Waals surface area (Å²) < 4.78 is 41.0. The number of aryl methyl sites for hydroxylation is 1. The van der Waals surface area contributed by atoms with Crippen molar-refractivity contribution in [1.29, 1.82) is 0 Å². The maximum atomic E-state index is 12.1. The van der Waals surface area contributed by atoms with Crippen molar-refractivity contribution < 1.29 is 22.6 Å². The van der Waals surface area contributed by atoms with Gasteiger partial charge in [0.15, 0.2) is 5.82 Å². The van der Waals surface area contributed by atoms with Gasteiger partial charge in [-0.15, -0.1) is 0 Å². The van der Waals surface area contributed by atoms with Crippen LogP contribution in [-0.4, -0.2) is 21.2 Å². The molecule has 1 heterocycles. The van der Waals surface area contributed by atoms with Gasteiger partial charge >= 0.3 is 6.18 Å². The first-order valence-electron chi connectivity index (χ1n) is 5.70. The van der Waals surface area contributed by atoms with Crippen LogP contribution in [0.3, 0.4) is 0 Å². The molecule has 0 aliphatic rings. The van der Waals surface area contributed by atoms with Crippen molar-refractivity contribution >= 4 is 11.4 Å². The van der Waals surface area contributed by atoms with Crippen LogP contribution in [0.25, 0.3) is 11.5 Å². The molecule has 21 heavy (non-hydrogen) atoms. The number of anilines is 1. The minimum atomic E-state index is -4.32. The van der Waals surface area contributed by atoms with Gasteiger partial charge in [-0.1, -0.05) is 5.16 Å². The number of aromatic nitrogens is 2. The lowest BCUT2D eigenvalue weighted by atomic mass is 10.2. The average Bonchev–Trinajstić information content (AvgIpc) is 2.84. The molecule has 1 aromatic carbocycles. The standard InChI is InChI=1S/C11H9F3N4O3/c12-11(13,14)4-3-9-16-10(21-17-9)6-1-2-7(15)8(5-6)18(19)20/h1-2,5H,3-4,15H2. The van der Waals surface area contributed by atoms with E-state index in [1.54, 1.807) is 0 Å². The molecule has 2 rings (SSSR count). The molecule has 0 fully saturated rings. The van der Waals surface area contributed by atoms with Crippen molar-refractivity contribution in [2.45, 2.75) is 19.0 Å². The van der Waals surface area contributed by atoms with E-state index in [0.29, 0.717) is 0 Å². The van der Waals surface area contributed by atoms with Crippen LogP contribution < -0.4 is 5.73 Å². The van der Waals surface area contributed by atoms with E-state index in [0.717, 1.165) is 6.07 Å². The number of alkyl halides is 3. The van der Waals surface area contributed by atoms with Crippen molar-refractivity contribution in [1.82, 2.24) is 10.1 Å². The lowest BCUT2D eigenvalue weighted by Gasteiger charge is -2.01. The molecule has 0 spiro atoms. The Balaban J connectivity index is 2.22. The van der Waals surface area contributed by atoms with Crippen LogP contribution in [0.5, 0.6) is 0 Å². The number of nitrogens with zero attached hydrogens (tertiary/aromatic N) is 3. The number of hydrogen-bond donors (Lipinski definition) is 1. The summed E-state index contributed by atoms with van der Waals surface area (Å²) in [6.07, 6.45) is -5.82. The smallest absolute Gasteiger partial charge is 0.389 e. The van der Waals surface area contributed by atoms with E-state index in [9.17, 15) is 23.3 Å². The van der Waals surface area contributed by atoms with Gasteiger partial charge in [0.05, 0.1) is 11.3 Å². The number of benzene rings is 1. The lowest BCUT2D eigenvalue weighted by molar-refractivity contribution is -0.383. The molecule has 0 saturated heterocycles. The largest absolute Gasteiger partial charge is 0.393 e. The third kappa shape index (κ3) is 3.68. The van der Waals surface area contributed by atoms with Crippen LogP contribution in [0.4, 0.5) is 24.5 Å². The van der Waals surface area contributed by atoms with Gasteiger partial charge in [0, 0.05) is 18.1 Å². The Hall–Kier alpha value is -2.65. The van der Waals surface area contributed by atoms with Gasteiger partial charge < -0.3 is 10.3 Å². The maximum absolute atomic E-state index is 12.1. The molecule has 2 aromatic rings. The Kier molecular flexibility index (Phi) is 3.78. The Morgan fingerprint density at radius 1 is 1.38 bits per heavy atom. The molecule has 10 heteroatoms. The van der Waals surface area contributed by atoms with E-state index >= 15 is 0 Å². The summed E-state index contributed by atoms with van der Waals surface area (Å²) in [5, 5.41) is 14.2. The van der Waals surface area contributed by atoms with Crippen LogP contribution >= 0.6 is 0 Å². The van der Waals surface area contributed by atoms with E-state index < -0.39 is 23.9 Å². The van der Waals surface area contributed by atoms with Gasteiger partial charge in [-0.3, -0.25) is 10.1 Å². The molecule has 1 aromatic heterocycles. The minimum absolute atomic E-state index is 0.0411. The predicted octanol–water partition coefficient (Wildman–Crippen LogP) is 2.72. The number of nitro benzene ring substituents is 1. The van der Waals surface area contributed by atoms with Gasteiger partial charge in [-0.2, -0.15) is 18.2 Å². The van der Waals surface area contributed by atoms with Gasteiger partial charge in [0.1, 0.15) is 5.69 Å². The fourth-order valence-electron chi connectivity index (χ4n) is 1.56. The zero-order valence-corrected chi connectivity index (χ0v) is 10.4. The van der Waals surface area contributed by atoms with Gasteiger partial charge in [0.25, 0.3) is 11.6 Å². The summed E-state index contributed by atoms with van der Waals surface area (Å²) in [6.45, 7) is 0. The minimum Gasteiger partial charge on any atom is -0.393 e. The first kappa shape index (κ1) is 14.8. The number of nitrogen functional groups attached to an aromatic ring is 1. The summed E-state index contributed by atoms with van der Waals surface area (Å²) in [6, 6.07) is 3.81. The topological polar surface area (TPSA) is 108 Å². The predicted molar refractivity (Wildman–Crippen MR) is 65.2 cm³/mol. The first-order valence-corrected chi connectivity index (χ1v) is 5.70. The Morgan fingerprint density at radius 3 is 2.71 bits per heavy atom. The Bertz CT molecular complexity index is 669. The average molecular weight is 302 g/mol. The summed E-state index contributed by atoms with van der Waals surface area (Å²) in [5.74, 6) is -0.225.